The highest BCUT2D eigenvalue weighted by atomic mass is 28.4. The zero-order valence-corrected chi connectivity index (χ0v) is 13.6. The maximum absolute atomic E-state index is 10.6. The third-order valence-corrected chi connectivity index (χ3v) is 5.23. The molecule has 0 radical (unpaired) electrons. The summed E-state index contributed by atoms with van der Waals surface area (Å²) in [5.74, 6) is 0. The van der Waals surface area contributed by atoms with Gasteiger partial charge in [0.2, 0.25) is 0 Å². The molecule has 20 heavy (non-hydrogen) atoms. The van der Waals surface area contributed by atoms with Gasteiger partial charge in [-0.1, -0.05) is 0 Å². The molecule has 0 aliphatic rings. The van der Waals surface area contributed by atoms with Crippen molar-refractivity contribution in [3.8, 4) is 0 Å². The van der Waals surface area contributed by atoms with Gasteiger partial charge < -0.3 is 32.3 Å². The molecule has 0 bridgehead atoms. The number of carbonyl (C=O) groups excluding carboxylic acids is 1. The molecule has 0 heterocycles. The molecule has 0 atom stereocenters. The van der Waals surface area contributed by atoms with Crippen LogP contribution in [-0.4, -0.2) is 76.1 Å². The Hall–Kier alpha value is -0.353. The Kier molecular flexibility index (Phi) is 13.4. The summed E-state index contributed by atoms with van der Waals surface area (Å²) in [4.78, 5) is 10.6. The summed E-state index contributed by atoms with van der Waals surface area (Å²) >= 11 is 0. The van der Waals surface area contributed by atoms with Crippen molar-refractivity contribution in [3.05, 3.63) is 0 Å². The summed E-state index contributed by atoms with van der Waals surface area (Å²) in [6, 6.07) is 0.438. The van der Waals surface area contributed by atoms with Crippen LogP contribution in [0.2, 0.25) is 6.04 Å². The molecule has 0 saturated carbocycles. The van der Waals surface area contributed by atoms with E-state index in [1.54, 1.807) is 21.3 Å². The lowest BCUT2D eigenvalue weighted by Crippen LogP contribution is -2.48. The summed E-state index contributed by atoms with van der Waals surface area (Å²) < 4.78 is 32.2. The highest BCUT2D eigenvalue weighted by Crippen LogP contribution is 2.17. The summed E-state index contributed by atoms with van der Waals surface area (Å²) in [7, 11) is 1.88. The maximum Gasteiger partial charge on any atom is 0.501 e. The fourth-order valence-corrected chi connectivity index (χ4v) is 3.76. The average Bonchev–Trinajstić information content (AvgIpc) is 2.46. The van der Waals surface area contributed by atoms with Crippen LogP contribution in [0.5, 0.6) is 0 Å². The van der Waals surface area contributed by atoms with Crippen LogP contribution < -0.4 is 0 Å². The highest BCUT2D eigenvalue weighted by Gasteiger charge is 2.40. The molecule has 0 N–H and O–H groups in total. The van der Waals surface area contributed by atoms with E-state index in [0.717, 1.165) is 6.29 Å². The van der Waals surface area contributed by atoms with Crippen LogP contribution in [-0.2, 0) is 32.3 Å². The van der Waals surface area contributed by atoms with E-state index in [-0.39, 0.29) is 0 Å². The predicted molar refractivity (Wildman–Crippen MR) is 74.7 cm³/mol. The van der Waals surface area contributed by atoms with Crippen molar-refractivity contribution in [2.75, 3.05) is 61.0 Å². The number of methoxy groups -OCH3 is 3. The molecule has 0 saturated heterocycles. The van der Waals surface area contributed by atoms with Crippen molar-refractivity contribution in [3.63, 3.8) is 0 Å². The molecular weight excluding hydrogens is 284 g/mol. The van der Waals surface area contributed by atoms with E-state index in [9.17, 15) is 4.79 Å². The predicted octanol–water partition coefficient (Wildman–Crippen LogP) is 0.503. The number of rotatable bonds is 15. The Bertz CT molecular complexity index is 201. The standard InChI is InChI=1S/C12H26O7Si/c1-14-6-9-17-20(12-4-5-13,18-10-7-15-2)19-11-8-16-3/h5H,4,6-12H2,1-3H3. The van der Waals surface area contributed by atoms with E-state index in [1.165, 1.54) is 0 Å². The molecule has 0 aliphatic heterocycles. The number of carbonyl (C=O) groups is 1. The first kappa shape index (κ1) is 19.6. The van der Waals surface area contributed by atoms with Crippen LogP contribution in [0.4, 0.5) is 0 Å². The van der Waals surface area contributed by atoms with Gasteiger partial charge in [-0.3, -0.25) is 0 Å². The third-order valence-electron chi connectivity index (χ3n) is 2.40. The second-order valence-corrected chi connectivity index (χ2v) is 6.64. The van der Waals surface area contributed by atoms with Crippen molar-refractivity contribution in [2.45, 2.75) is 12.5 Å². The van der Waals surface area contributed by atoms with E-state index in [0.29, 0.717) is 52.1 Å². The van der Waals surface area contributed by atoms with E-state index in [2.05, 4.69) is 0 Å². The molecule has 0 unspecified atom stereocenters. The molecule has 120 valence electrons. The number of ether oxygens (including phenoxy) is 3. The van der Waals surface area contributed by atoms with Gasteiger partial charge in [-0.2, -0.15) is 0 Å². The van der Waals surface area contributed by atoms with Crippen LogP contribution in [0.3, 0.4) is 0 Å². The smallest absolute Gasteiger partial charge is 0.382 e. The normalized spacial score (nSPS) is 11.8. The molecule has 0 amide bonds. The molecule has 0 rings (SSSR count). The van der Waals surface area contributed by atoms with Gasteiger partial charge in [0.15, 0.2) is 0 Å². The fourth-order valence-electron chi connectivity index (χ4n) is 1.42. The van der Waals surface area contributed by atoms with E-state index in [1.807, 2.05) is 0 Å². The molecule has 0 aromatic heterocycles. The van der Waals surface area contributed by atoms with Gasteiger partial charge in [0.05, 0.1) is 39.6 Å². The summed E-state index contributed by atoms with van der Waals surface area (Å²) in [6.07, 6.45) is 1.17. The second kappa shape index (κ2) is 13.6. The van der Waals surface area contributed by atoms with Crippen LogP contribution in [0, 0.1) is 0 Å². The number of hydrogen-bond acceptors (Lipinski definition) is 7. The van der Waals surface area contributed by atoms with Gasteiger partial charge in [0.25, 0.3) is 0 Å². The largest absolute Gasteiger partial charge is 0.501 e. The molecule has 0 aliphatic carbocycles. The summed E-state index contributed by atoms with van der Waals surface area (Å²) in [6.45, 7) is 2.41. The topological polar surface area (TPSA) is 72.5 Å². The molecule has 0 spiro atoms. The van der Waals surface area contributed by atoms with Crippen LogP contribution in [0.15, 0.2) is 0 Å². The van der Waals surface area contributed by atoms with Gasteiger partial charge >= 0.3 is 8.80 Å². The molecule has 0 aromatic carbocycles. The molecule has 8 heteroatoms. The lowest BCUT2D eigenvalue weighted by molar-refractivity contribution is -0.107. The molecule has 0 fully saturated rings. The van der Waals surface area contributed by atoms with Gasteiger partial charge in [0.1, 0.15) is 6.29 Å². The average molecular weight is 310 g/mol. The minimum Gasteiger partial charge on any atom is -0.382 e. The quantitative estimate of drug-likeness (QED) is 0.248. The Morgan fingerprint density at radius 2 is 1.15 bits per heavy atom. The highest BCUT2D eigenvalue weighted by molar-refractivity contribution is 6.60. The van der Waals surface area contributed by atoms with Gasteiger partial charge in [-0.05, 0) is 0 Å². The fraction of sp³-hybridized carbons (Fsp3) is 0.917. The van der Waals surface area contributed by atoms with Crippen molar-refractivity contribution in [1.82, 2.24) is 0 Å². The van der Waals surface area contributed by atoms with Crippen molar-refractivity contribution < 1.29 is 32.3 Å². The Morgan fingerprint density at radius 3 is 1.45 bits per heavy atom. The van der Waals surface area contributed by atoms with Crippen LogP contribution in [0.25, 0.3) is 0 Å². The molecule has 7 nitrogen and oxygen atoms in total. The lowest BCUT2D eigenvalue weighted by atomic mass is 10.6. The summed E-state index contributed by atoms with van der Waals surface area (Å²) in [5, 5.41) is 0. The Morgan fingerprint density at radius 1 is 0.750 bits per heavy atom. The van der Waals surface area contributed by atoms with Gasteiger partial charge in [-0.25, -0.2) is 0 Å². The zero-order chi connectivity index (χ0) is 15.1. The maximum atomic E-state index is 10.6. The van der Waals surface area contributed by atoms with Gasteiger partial charge in [0, 0.05) is 33.8 Å². The lowest BCUT2D eigenvalue weighted by Gasteiger charge is -2.29. The number of aldehydes is 1. The van der Waals surface area contributed by atoms with E-state index < -0.39 is 8.80 Å². The first-order valence-corrected chi connectivity index (χ1v) is 8.50. The van der Waals surface area contributed by atoms with Crippen molar-refractivity contribution in [2.24, 2.45) is 0 Å². The van der Waals surface area contributed by atoms with Gasteiger partial charge in [-0.15, -0.1) is 0 Å². The Balaban J connectivity index is 4.51. The number of hydrogen-bond donors (Lipinski definition) is 0. The first-order chi connectivity index (χ1) is 9.74. The zero-order valence-electron chi connectivity index (χ0n) is 12.6. The minimum atomic E-state index is -2.90. The van der Waals surface area contributed by atoms with E-state index >= 15 is 0 Å². The molecule has 0 aromatic rings. The van der Waals surface area contributed by atoms with Crippen molar-refractivity contribution in [1.29, 1.82) is 0 Å². The SMILES string of the molecule is COCCO[Si](CCC=O)(OCCOC)OCCOC. The Labute approximate surface area is 121 Å². The third kappa shape index (κ3) is 9.53. The van der Waals surface area contributed by atoms with E-state index in [4.69, 9.17) is 27.5 Å². The van der Waals surface area contributed by atoms with Crippen LogP contribution >= 0.6 is 0 Å². The summed E-state index contributed by atoms with van der Waals surface area (Å²) in [5.41, 5.74) is 0. The van der Waals surface area contributed by atoms with Crippen molar-refractivity contribution >= 4 is 15.1 Å². The van der Waals surface area contributed by atoms with Crippen LogP contribution in [0.1, 0.15) is 6.42 Å². The monoisotopic (exact) mass is 310 g/mol. The minimum absolute atomic E-state index is 0.333. The second-order valence-electron chi connectivity index (χ2n) is 3.91. The molecular formula is C12H26O7Si. The first-order valence-electron chi connectivity index (χ1n) is 6.57.